The standard InChI is InChI=1S/C23H18F6N6O/c1-13-9-34(11-30-13)19-5-15(22(24,25)26)3-17(7-19)32-21(36)33-18-4-16(23(27,28)29)6-20(8-18)35-10-14(2)31-12-35/h3-12H,1-2H3,(H2,32,33,36). The molecule has 7 nitrogen and oxygen atoms in total. The predicted molar refractivity (Wildman–Crippen MR) is 119 cm³/mol. The number of rotatable bonds is 4. The van der Waals surface area contributed by atoms with Crippen molar-refractivity contribution in [3.63, 3.8) is 0 Å². The zero-order valence-corrected chi connectivity index (χ0v) is 18.7. The number of imidazole rings is 2. The molecule has 36 heavy (non-hydrogen) atoms. The van der Waals surface area contributed by atoms with Crippen LogP contribution in [0.15, 0.2) is 61.4 Å². The lowest BCUT2D eigenvalue weighted by molar-refractivity contribution is -0.138. The van der Waals surface area contributed by atoms with Crippen LogP contribution in [0.2, 0.25) is 0 Å². The molecule has 2 N–H and O–H groups in total. The summed E-state index contributed by atoms with van der Waals surface area (Å²) >= 11 is 0. The number of nitrogens with zero attached hydrogens (tertiary/aromatic N) is 4. The third-order valence-electron chi connectivity index (χ3n) is 5.03. The Hall–Kier alpha value is -4.29. The van der Waals surface area contributed by atoms with Crippen LogP contribution in [0.5, 0.6) is 0 Å². The first-order valence-electron chi connectivity index (χ1n) is 10.3. The number of benzene rings is 2. The van der Waals surface area contributed by atoms with E-state index in [2.05, 4.69) is 20.6 Å². The number of amides is 2. The summed E-state index contributed by atoms with van der Waals surface area (Å²) in [6.45, 7) is 3.32. The predicted octanol–water partition coefficient (Wildman–Crippen LogP) is 6.36. The van der Waals surface area contributed by atoms with Crippen molar-refractivity contribution in [1.82, 2.24) is 19.1 Å². The van der Waals surface area contributed by atoms with Crippen molar-refractivity contribution in [1.29, 1.82) is 0 Å². The quantitative estimate of drug-likeness (QED) is 0.315. The molecule has 0 aliphatic carbocycles. The number of nitrogens with one attached hydrogen (secondary N) is 2. The number of halogens is 6. The Balaban J connectivity index is 1.64. The summed E-state index contributed by atoms with van der Waals surface area (Å²) in [5, 5.41) is 4.51. The zero-order valence-electron chi connectivity index (χ0n) is 18.7. The Morgan fingerprint density at radius 2 is 1.08 bits per heavy atom. The number of carbonyl (C=O) groups is 1. The van der Waals surface area contributed by atoms with Gasteiger partial charge in [-0.05, 0) is 50.2 Å². The minimum absolute atomic E-state index is 0.0811. The number of carbonyl (C=O) groups excluding carboxylic acids is 1. The lowest BCUT2D eigenvalue weighted by Gasteiger charge is -2.15. The number of hydrogen-bond donors (Lipinski definition) is 2. The van der Waals surface area contributed by atoms with Crippen molar-refractivity contribution in [3.05, 3.63) is 84.0 Å². The fraction of sp³-hybridized carbons (Fsp3) is 0.174. The third-order valence-corrected chi connectivity index (χ3v) is 5.03. The molecule has 0 atom stereocenters. The van der Waals surface area contributed by atoms with Gasteiger partial charge in [0.15, 0.2) is 0 Å². The number of aryl methyl sites for hydroxylation is 2. The Morgan fingerprint density at radius 1 is 0.694 bits per heavy atom. The average molecular weight is 508 g/mol. The summed E-state index contributed by atoms with van der Waals surface area (Å²) in [6, 6.07) is 4.74. The van der Waals surface area contributed by atoms with Crippen LogP contribution in [0.4, 0.5) is 42.5 Å². The van der Waals surface area contributed by atoms with Gasteiger partial charge in [0.25, 0.3) is 0 Å². The monoisotopic (exact) mass is 508 g/mol. The van der Waals surface area contributed by atoms with E-state index in [-0.39, 0.29) is 22.7 Å². The molecular weight excluding hydrogens is 490 g/mol. The highest BCUT2D eigenvalue weighted by Crippen LogP contribution is 2.34. The van der Waals surface area contributed by atoms with E-state index in [0.717, 1.165) is 24.3 Å². The zero-order chi connectivity index (χ0) is 26.3. The first-order valence-corrected chi connectivity index (χ1v) is 10.3. The second-order valence-electron chi connectivity index (χ2n) is 7.96. The van der Waals surface area contributed by atoms with Crippen molar-refractivity contribution < 1.29 is 31.1 Å². The molecule has 0 radical (unpaired) electrons. The Kier molecular flexibility index (Phi) is 6.24. The van der Waals surface area contributed by atoms with Crippen LogP contribution in [0, 0.1) is 13.8 Å². The van der Waals surface area contributed by atoms with Gasteiger partial charge < -0.3 is 19.8 Å². The van der Waals surface area contributed by atoms with Crippen LogP contribution in [0.1, 0.15) is 22.5 Å². The van der Waals surface area contributed by atoms with E-state index < -0.39 is 29.5 Å². The van der Waals surface area contributed by atoms with E-state index >= 15 is 0 Å². The van der Waals surface area contributed by atoms with E-state index in [1.54, 1.807) is 13.8 Å². The van der Waals surface area contributed by atoms with E-state index in [1.165, 1.54) is 46.3 Å². The van der Waals surface area contributed by atoms with Gasteiger partial charge in [-0.3, -0.25) is 0 Å². The topological polar surface area (TPSA) is 76.8 Å². The highest BCUT2D eigenvalue weighted by atomic mass is 19.4. The van der Waals surface area contributed by atoms with Gasteiger partial charge >= 0.3 is 18.4 Å². The van der Waals surface area contributed by atoms with Gasteiger partial charge in [0.2, 0.25) is 0 Å². The third kappa shape index (κ3) is 5.67. The molecule has 0 saturated heterocycles. The smallest absolute Gasteiger partial charge is 0.308 e. The van der Waals surface area contributed by atoms with Crippen LogP contribution in [-0.2, 0) is 12.4 Å². The van der Waals surface area contributed by atoms with E-state index in [4.69, 9.17) is 0 Å². The largest absolute Gasteiger partial charge is 0.416 e. The molecule has 0 bridgehead atoms. The summed E-state index contributed by atoms with van der Waals surface area (Å²) in [5.41, 5.74) is -1.21. The molecule has 0 spiro atoms. The molecule has 4 aromatic rings. The number of anilines is 2. The molecule has 13 heteroatoms. The molecule has 0 saturated carbocycles. The summed E-state index contributed by atoms with van der Waals surface area (Å²) in [7, 11) is 0. The summed E-state index contributed by atoms with van der Waals surface area (Å²) < 4.78 is 83.4. The fourth-order valence-electron chi connectivity index (χ4n) is 3.41. The summed E-state index contributed by atoms with van der Waals surface area (Å²) in [5.74, 6) is 0. The molecule has 4 rings (SSSR count). The maximum absolute atomic E-state index is 13.4. The van der Waals surface area contributed by atoms with E-state index in [9.17, 15) is 31.1 Å². The van der Waals surface area contributed by atoms with E-state index in [0.29, 0.717) is 11.4 Å². The van der Waals surface area contributed by atoms with Gasteiger partial charge in [-0.1, -0.05) is 0 Å². The first kappa shape index (κ1) is 24.8. The minimum atomic E-state index is -4.71. The minimum Gasteiger partial charge on any atom is -0.308 e. The van der Waals surface area contributed by atoms with Crippen molar-refractivity contribution in [2.24, 2.45) is 0 Å². The van der Waals surface area contributed by atoms with Crippen LogP contribution in [0.3, 0.4) is 0 Å². The molecule has 0 aliphatic heterocycles. The highest BCUT2D eigenvalue weighted by Gasteiger charge is 2.33. The molecule has 2 aromatic heterocycles. The van der Waals surface area contributed by atoms with Crippen molar-refractivity contribution >= 4 is 17.4 Å². The maximum Gasteiger partial charge on any atom is 0.416 e. The number of alkyl halides is 6. The molecule has 188 valence electrons. The van der Waals surface area contributed by atoms with Crippen LogP contribution < -0.4 is 10.6 Å². The van der Waals surface area contributed by atoms with Gasteiger partial charge in [0, 0.05) is 35.1 Å². The molecule has 2 heterocycles. The molecule has 0 fully saturated rings. The second-order valence-corrected chi connectivity index (χ2v) is 7.96. The number of urea groups is 1. The lowest BCUT2D eigenvalue weighted by Crippen LogP contribution is -2.21. The van der Waals surface area contributed by atoms with Crippen molar-refractivity contribution in [2.45, 2.75) is 26.2 Å². The van der Waals surface area contributed by atoms with Crippen LogP contribution in [-0.4, -0.2) is 25.1 Å². The first-order chi connectivity index (χ1) is 16.8. The SMILES string of the molecule is Cc1cn(-c2cc(NC(=O)Nc3cc(-n4cnc(C)c4)cc(C(F)(F)F)c3)cc(C(F)(F)F)c2)cn1. The highest BCUT2D eigenvalue weighted by molar-refractivity contribution is 6.00. The molecule has 0 unspecified atom stereocenters. The Morgan fingerprint density at radius 3 is 1.39 bits per heavy atom. The van der Waals surface area contributed by atoms with Crippen molar-refractivity contribution in [2.75, 3.05) is 10.6 Å². The summed E-state index contributed by atoms with van der Waals surface area (Å²) in [4.78, 5) is 20.5. The van der Waals surface area contributed by atoms with Crippen molar-refractivity contribution in [3.8, 4) is 11.4 Å². The average Bonchev–Trinajstić information content (AvgIpc) is 3.40. The Bertz CT molecular complexity index is 1310. The molecule has 0 aliphatic rings. The normalized spacial score (nSPS) is 12.0. The summed E-state index contributed by atoms with van der Waals surface area (Å²) in [6.07, 6.45) is -3.79. The maximum atomic E-state index is 13.4. The molecule has 2 aromatic carbocycles. The van der Waals surface area contributed by atoms with Gasteiger partial charge in [0.05, 0.1) is 35.2 Å². The number of aromatic nitrogens is 4. The van der Waals surface area contributed by atoms with Gasteiger partial charge in [-0.15, -0.1) is 0 Å². The van der Waals surface area contributed by atoms with Crippen LogP contribution >= 0.6 is 0 Å². The number of hydrogen-bond acceptors (Lipinski definition) is 3. The van der Waals surface area contributed by atoms with Gasteiger partial charge in [-0.25, -0.2) is 14.8 Å². The fourth-order valence-corrected chi connectivity index (χ4v) is 3.41. The van der Waals surface area contributed by atoms with Gasteiger partial charge in [0.1, 0.15) is 0 Å². The van der Waals surface area contributed by atoms with E-state index in [1.807, 2.05) is 0 Å². The molecule has 2 amide bonds. The van der Waals surface area contributed by atoms with Gasteiger partial charge in [-0.2, -0.15) is 26.3 Å². The second kappa shape index (κ2) is 9.06. The van der Waals surface area contributed by atoms with Crippen LogP contribution in [0.25, 0.3) is 11.4 Å². The lowest BCUT2D eigenvalue weighted by atomic mass is 10.1. The Labute approximate surface area is 200 Å². The molecular formula is C23H18F6N6O.